The van der Waals surface area contributed by atoms with Crippen LogP contribution in [-0.2, 0) is 0 Å². The van der Waals surface area contributed by atoms with Crippen molar-refractivity contribution in [3.05, 3.63) is 33.9 Å². The van der Waals surface area contributed by atoms with Crippen molar-refractivity contribution in [2.75, 3.05) is 11.9 Å². The van der Waals surface area contributed by atoms with Gasteiger partial charge < -0.3 is 5.32 Å². The summed E-state index contributed by atoms with van der Waals surface area (Å²) in [7, 11) is 0. The predicted molar refractivity (Wildman–Crippen MR) is 59.8 cm³/mol. The SMILES string of the molecule is C#CCCNc1cccc(C#N)c1[N+](=O)[O-]. The molecule has 1 aromatic carbocycles. The molecule has 0 saturated heterocycles. The van der Waals surface area contributed by atoms with E-state index < -0.39 is 4.92 Å². The van der Waals surface area contributed by atoms with Crippen LogP contribution in [-0.4, -0.2) is 11.5 Å². The highest BCUT2D eigenvalue weighted by Crippen LogP contribution is 2.27. The Morgan fingerprint density at radius 2 is 2.31 bits per heavy atom. The van der Waals surface area contributed by atoms with E-state index in [1.54, 1.807) is 18.2 Å². The van der Waals surface area contributed by atoms with Gasteiger partial charge in [-0.25, -0.2) is 0 Å². The van der Waals surface area contributed by atoms with Crippen LogP contribution in [0.4, 0.5) is 11.4 Å². The van der Waals surface area contributed by atoms with Crippen molar-refractivity contribution >= 4 is 11.4 Å². The van der Waals surface area contributed by atoms with Gasteiger partial charge in [0.1, 0.15) is 17.3 Å². The first-order valence-electron chi connectivity index (χ1n) is 4.55. The number of hydrogen-bond donors (Lipinski definition) is 1. The first-order chi connectivity index (χ1) is 7.70. The number of nitro groups is 1. The number of terminal acetylenes is 1. The van der Waals surface area contributed by atoms with E-state index >= 15 is 0 Å². The zero-order valence-corrected chi connectivity index (χ0v) is 8.43. The van der Waals surface area contributed by atoms with Crippen molar-refractivity contribution in [1.82, 2.24) is 0 Å². The molecule has 0 aliphatic heterocycles. The van der Waals surface area contributed by atoms with E-state index in [0.29, 0.717) is 18.7 Å². The van der Waals surface area contributed by atoms with E-state index in [9.17, 15) is 10.1 Å². The lowest BCUT2D eigenvalue weighted by Gasteiger charge is -2.05. The van der Waals surface area contributed by atoms with E-state index in [-0.39, 0.29) is 11.3 Å². The first-order valence-corrected chi connectivity index (χ1v) is 4.55. The number of hydrogen-bond acceptors (Lipinski definition) is 4. The molecule has 1 aromatic rings. The highest BCUT2D eigenvalue weighted by molar-refractivity contribution is 5.68. The lowest BCUT2D eigenvalue weighted by Crippen LogP contribution is -2.04. The summed E-state index contributed by atoms with van der Waals surface area (Å²) in [5.74, 6) is 2.42. The zero-order valence-electron chi connectivity index (χ0n) is 8.43. The summed E-state index contributed by atoms with van der Waals surface area (Å²) in [5, 5.41) is 22.4. The quantitative estimate of drug-likeness (QED) is 0.360. The van der Waals surface area contributed by atoms with Crippen LogP contribution in [0.25, 0.3) is 0 Å². The van der Waals surface area contributed by atoms with Crippen LogP contribution in [0.2, 0.25) is 0 Å². The molecular weight excluding hydrogens is 206 g/mol. The van der Waals surface area contributed by atoms with Gasteiger partial charge in [0.05, 0.1) is 4.92 Å². The lowest BCUT2D eigenvalue weighted by atomic mass is 10.1. The van der Waals surface area contributed by atoms with Gasteiger partial charge in [-0.15, -0.1) is 12.3 Å². The van der Waals surface area contributed by atoms with Gasteiger partial charge in [-0.2, -0.15) is 5.26 Å². The molecule has 5 heteroatoms. The average molecular weight is 215 g/mol. The van der Waals surface area contributed by atoms with Crippen LogP contribution in [0.15, 0.2) is 18.2 Å². The third kappa shape index (κ3) is 2.49. The Labute approximate surface area is 92.9 Å². The fourth-order valence-electron chi connectivity index (χ4n) is 1.24. The molecule has 0 unspecified atom stereocenters. The molecule has 1 rings (SSSR count). The summed E-state index contributed by atoms with van der Waals surface area (Å²) in [6.45, 7) is 0.437. The number of benzene rings is 1. The van der Waals surface area contributed by atoms with Gasteiger partial charge in [0.15, 0.2) is 0 Å². The molecule has 0 radical (unpaired) electrons. The topological polar surface area (TPSA) is 79.0 Å². The Hall–Kier alpha value is -2.53. The second kappa shape index (κ2) is 5.38. The third-order valence-corrected chi connectivity index (χ3v) is 1.92. The molecule has 5 nitrogen and oxygen atoms in total. The summed E-state index contributed by atoms with van der Waals surface area (Å²) in [4.78, 5) is 10.2. The molecule has 0 aromatic heterocycles. The van der Waals surface area contributed by atoms with Crippen LogP contribution in [0.5, 0.6) is 0 Å². The highest BCUT2D eigenvalue weighted by Gasteiger charge is 2.18. The largest absolute Gasteiger partial charge is 0.378 e. The molecule has 1 N–H and O–H groups in total. The molecule has 0 aliphatic rings. The smallest absolute Gasteiger partial charge is 0.309 e. The number of para-hydroxylation sites is 1. The molecule has 0 spiro atoms. The maximum absolute atomic E-state index is 10.8. The van der Waals surface area contributed by atoms with Crippen LogP contribution < -0.4 is 5.32 Å². The van der Waals surface area contributed by atoms with E-state index in [1.165, 1.54) is 6.07 Å². The summed E-state index contributed by atoms with van der Waals surface area (Å²) in [6, 6.07) is 6.33. The van der Waals surface area contributed by atoms with Crippen molar-refractivity contribution < 1.29 is 4.92 Å². The second-order valence-corrected chi connectivity index (χ2v) is 2.95. The number of nitrogens with one attached hydrogen (secondary N) is 1. The van der Waals surface area contributed by atoms with Crippen molar-refractivity contribution in [2.45, 2.75) is 6.42 Å². The number of anilines is 1. The maximum Gasteiger partial charge on any atom is 0.309 e. The number of rotatable bonds is 4. The fraction of sp³-hybridized carbons (Fsp3) is 0.182. The summed E-state index contributed by atoms with van der Waals surface area (Å²) in [5.41, 5.74) is 0.150. The van der Waals surface area contributed by atoms with Crippen LogP contribution in [0.1, 0.15) is 12.0 Å². The van der Waals surface area contributed by atoms with Gasteiger partial charge >= 0.3 is 5.69 Å². The molecule has 80 valence electrons. The normalized spacial score (nSPS) is 8.88. The molecule has 0 amide bonds. The minimum absolute atomic E-state index is 0.0377. The Balaban J connectivity index is 3.05. The second-order valence-electron chi connectivity index (χ2n) is 2.95. The van der Waals surface area contributed by atoms with E-state index in [1.807, 2.05) is 0 Å². The monoisotopic (exact) mass is 215 g/mol. The minimum atomic E-state index is -0.573. The van der Waals surface area contributed by atoms with Crippen molar-refractivity contribution in [3.8, 4) is 18.4 Å². The van der Waals surface area contributed by atoms with Gasteiger partial charge in [0.25, 0.3) is 0 Å². The minimum Gasteiger partial charge on any atom is -0.378 e. The molecular formula is C11H9N3O2. The Kier molecular flexibility index (Phi) is 3.88. The fourth-order valence-corrected chi connectivity index (χ4v) is 1.24. The standard InChI is InChI=1S/C11H9N3O2/c1-2-3-7-13-10-6-4-5-9(8-12)11(10)14(15)16/h1,4-6,13H,3,7H2. The van der Waals surface area contributed by atoms with Gasteiger partial charge in [-0.3, -0.25) is 10.1 Å². The predicted octanol–water partition coefficient (Wildman–Crippen LogP) is 1.90. The summed E-state index contributed by atoms with van der Waals surface area (Å²) in [6.07, 6.45) is 5.54. The Morgan fingerprint density at radius 1 is 1.56 bits per heavy atom. The highest BCUT2D eigenvalue weighted by atomic mass is 16.6. The summed E-state index contributed by atoms with van der Waals surface area (Å²) >= 11 is 0. The zero-order chi connectivity index (χ0) is 12.0. The Bertz CT molecular complexity index is 483. The van der Waals surface area contributed by atoms with Crippen molar-refractivity contribution in [2.24, 2.45) is 0 Å². The molecule has 0 fully saturated rings. The molecule has 16 heavy (non-hydrogen) atoms. The van der Waals surface area contributed by atoms with Crippen LogP contribution in [0, 0.1) is 33.8 Å². The molecule has 0 bridgehead atoms. The van der Waals surface area contributed by atoms with Crippen LogP contribution in [0.3, 0.4) is 0 Å². The van der Waals surface area contributed by atoms with E-state index in [0.717, 1.165) is 0 Å². The van der Waals surface area contributed by atoms with Gasteiger partial charge in [-0.05, 0) is 12.1 Å². The van der Waals surface area contributed by atoms with Gasteiger partial charge in [0, 0.05) is 13.0 Å². The van der Waals surface area contributed by atoms with E-state index in [2.05, 4.69) is 11.2 Å². The summed E-state index contributed by atoms with van der Waals surface area (Å²) < 4.78 is 0. The van der Waals surface area contributed by atoms with Gasteiger partial charge in [0.2, 0.25) is 0 Å². The third-order valence-electron chi connectivity index (χ3n) is 1.92. The van der Waals surface area contributed by atoms with Gasteiger partial charge in [-0.1, -0.05) is 6.07 Å². The molecule has 0 saturated carbocycles. The maximum atomic E-state index is 10.8. The molecule has 0 atom stereocenters. The van der Waals surface area contributed by atoms with Crippen LogP contribution >= 0.6 is 0 Å². The van der Waals surface area contributed by atoms with Crippen molar-refractivity contribution in [3.63, 3.8) is 0 Å². The number of nitrogens with zero attached hydrogens (tertiary/aromatic N) is 2. The first kappa shape index (κ1) is 11.5. The number of nitro benzene ring substituents is 1. The lowest BCUT2D eigenvalue weighted by molar-refractivity contribution is -0.384. The number of nitriles is 1. The van der Waals surface area contributed by atoms with Crippen molar-refractivity contribution in [1.29, 1.82) is 5.26 Å². The average Bonchev–Trinajstić information content (AvgIpc) is 2.28. The molecule has 0 heterocycles. The van der Waals surface area contributed by atoms with E-state index in [4.69, 9.17) is 11.7 Å². The Morgan fingerprint density at radius 3 is 2.88 bits per heavy atom. The molecule has 0 aliphatic carbocycles.